The second kappa shape index (κ2) is 8.99. The molecule has 6 nitrogen and oxygen atoms in total. The highest BCUT2D eigenvalue weighted by molar-refractivity contribution is 7.89. The molecule has 0 spiro atoms. The minimum atomic E-state index is -3.50. The Morgan fingerprint density at radius 3 is 2.67 bits per heavy atom. The summed E-state index contributed by atoms with van der Waals surface area (Å²) in [5.41, 5.74) is 0.819. The van der Waals surface area contributed by atoms with Crippen LogP contribution in [0, 0.1) is 0 Å². The lowest BCUT2D eigenvalue weighted by Crippen LogP contribution is -2.25. The molecule has 7 heteroatoms. The third-order valence-corrected chi connectivity index (χ3v) is 4.29. The van der Waals surface area contributed by atoms with Crippen molar-refractivity contribution in [3.63, 3.8) is 0 Å². The Balaban J connectivity index is 2.88. The fourth-order valence-electron chi connectivity index (χ4n) is 1.85. The molecule has 1 aromatic rings. The number of ether oxygens (including phenoxy) is 2. The highest BCUT2D eigenvalue weighted by Gasteiger charge is 2.15. The molecule has 0 fully saturated rings. The number of benzene rings is 1. The van der Waals surface area contributed by atoms with Crippen molar-refractivity contribution in [3.05, 3.63) is 23.8 Å². The van der Waals surface area contributed by atoms with Gasteiger partial charge in [0.2, 0.25) is 10.0 Å². The first kappa shape index (κ1) is 17.9. The molecule has 0 saturated heterocycles. The van der Waals surface area contributed by atoms with Gasteiger partial charge in [0, 0.05) is 32.4 Å². The van der Waals surface area contributed by atoms with E-state index in [0.717, 1.165) is 5.56 Å². The van der Waals surface area contributed by atoms with Gasteiger partial charge in [0.25, 0.3) is 0 Å². The molecule has 1 aromatic carbocycles. The van der Waals surface area contributed by atoms with Crippen LogP contribution in [-0.4, -0.2) is 42.3 Å². The van der Waals surface area contributed by atoms with Crippen molar-refractivity contribution in [2.45, 2.75) is 24.8 Å². The predicted molar refractivity (Wildman–Crippen MR) is 82.1 cm³/mol. The summed E-state index contributed by atoms with van der Waals surface area (Å²) in [5.74, 6) is 0.699. The van der Waals surface area contributed by atoms with Gasteiger partial charge in [-0.3, -0.25) is 0 Å². The zero-order valence-electron chi connectivity index (χ0n) is 12.8. The second-order valence-corrected chi connectivity index (χ2v) is 6.24. The molecule has 0 heterocycles. The Morgan fingerprint density at radius 1 is 1.29 bits per heavy atom. The van der Waals surface area contributed by atoms with Gasteiger partial charge < -0.3 is 14.8 Å². The summed E-state index contributed by atoms with van der Waals surface area (Å²) >= 11 is 0. The third kappa shape index (κ3) is 5.62. The normalized spacial score (nSPS) is 11.6. The number of sulfonamides is 1. The quantitative estimate of drug-likeness (QED) is 0.633. The Morgan fingerprint density at radius 2 is 2.05 bits per heavy atom. The molecule has 0 aliphatic rings. The predicted octanol–water partition coefficient (Wildman–Crippen LogP) is 1.12. The van der Waals surface area contributed by atoms with Crippen molar-refractivity contribution < 1.29 is 17.9 Å². The van der Waals surface area contributed by atoms with Gasteiger partial charge >= 0.3 is 0 Å². The minimum absolute atomic E-state index is 0.244. The standard InChI is InChI=1S/C14H24N2O4S/c1-4-20-14-7-6-13(10-12(14)11-15-2)21(17,18)16-8-5-9-19-3/h6-7,10,15-16H,4-5,8-9,11H2,1-3H3. The molecule has 0 bridgehead atoms. The van der Waals surface area contributed by atoms with Crippen molar-refractivity contribution in [2.24, 2.45) is 0 Å². The lowest BCUT2D eigenvalue weighted by Gasteiger charge is -2.13. The van der Waals surface area contributed by atoms with E-state index in [-0.39, 0.29) is 4.90 Å². The summed E-state index contributed by atoms with van der Waals surface area (Å²) < 4.78 is 37.4. The zero-order chi connectivity index (χ0) is 15.7. The van der Waals surface area contributed by atoms with Crippen molar-refractivity contribution in [1.82, 2.24) is 10.0 Å². The van der Waals surface area contributed by atoms with Crippen LogP contribution in [0.25, 0.3) is 0 Å². The average Bonchev–Trinajstić information content (AvgIpc) is 2.46. The van der Waals surface area contributed by atoms with Crippen LogP contribution in [0.3, 0.4) is 0 Å². The van der Waals surface area contributed by atoms with E-state index in [1.165, 1.54) is 0 Å². The number of hydrogen-bond acceptors (Lipinski definition) is 5. The van der Waals surface area contributed by atoms with Crippen LogP contribution in [0.15, 0.2) is 23.1 Å². The highest BCUT2D eigenvalue weighted by atomic mass is 32.2. The van der Waals surface area contributed by atoms with Crippen molar-refractivity contribution in [2.75, 3.05) is 33.9 Å². The highest BCUT2D eigenvalue weighted by Crippen LogP contribution is 2.22. The van der Waals surface area contributed by atoms with Crippen LogP contribution in [0.4, 0.5) is 0 Å². The van der Waals surface area contributed by atoms with Crippen molar-refractivity contribution in [3.8, 4) is 5.75 Å². The molecule has 0 aliphatic heterocycles. The van der Waals surface area contributed by atoms with E-state index in [4.69, 9.17) is 9.47 Å². The molecule has 0 aromatic heterocycles. The summed E-state index contributed by atoms with van der Waals surface area (Å²) in [6.45, 7) is 3.85. The van der Waals surface area contributed by atoms with E-state index < -0.39 is 10.0 Å². The Kier molecular flexibility index (Phi) is 7.66. The van der Waals surface area contributed by atoms with E-state index in [2.05, 4.69) is 10.0 Å². The summed E-state index contributed by atoms with van der Waals surface area (Å²) in [6, 6.07) is 4.89. The van der Waals surface area contributed by atoms with Crippen LogP contribution in [0.5, 0.6) is 5.75 Å². The topological polar surface area (TPSA) is 76.7 Å². The van der Waals surface area contributed by atoms with Gasteiger partial charge in [-0.2, -0.15) is 0 Å². The number of hydrogen-bond donors (Lipinski definition) is 2. The van der Waals surface area contributed by atoms with Gasteiger partial charge in [0.15, 0.2) is 0 Å². The fourth-order valence-corrected chi connectivity index (χ4v) is 2.98. The second-order valence-electron chi connectivity index (χ2n) is 4.48. The maximum atomic E-state index is 12.2. The fraction of sp³-hybridized carbons (Fsp3) is 0.571. The smallest absolute Gasteiger partial charge is 0.240 e. The van der Waals surface area contributed by atoms with Crippen LogP contribution >= 0.6 is 0 Å². The largest absolute Gasteiger partial charge is 0.494 e. The molecule has 120 valence electrons. The van der Waals surface area contributed by atoms with Crippen molar-refractivity contribution in [1.29, 1.82) is 0 Å². The van der Waals surface area contributed by atoms with Gasteiger partial charge in [0.1, 0.15) is 5.75 Å². The number of nitrogens with one attached hydrogen (secondary N) is 2. The molecule has 1 rings (SSSR count). The molecule has 0 radical (unpaired) electrons. The summed E-state index contributed by atoms with van der Waals surface area (Å²) in [4.78, 5) is 0.244. The van der Waals surface area contributed by atoms with Gasteiger partial charge in [-0.1, -0.05) is 0 Å². The summed E-state index contributed by atoms with van der Waals surface area (Å²) in [6.07, 6.45) is 0.635. The first-order valence-corrected chi connectivity index (χ1v) is 8.42. The summed E-state index contributed by atoms with van der Waals surface area (Å²) in [5, 5.41) is 3.01. The van der Waals surface area contributed by atoms with Gasteiger partial charge in [-0.25, -0.2) is 13.1 Å². The van der Waals surface area contributed by atoms with Crippen LogP contribution in [0.2, 0.25) is 0 Å². The van der Waals surface area contributed by atoms with Gasteiger partial charge in [0.05, 0.1) is 11.5 Å². The van der Waals surface area contributed by atoms with Crippen LogP contribution in [-0.2, 0) is 21.3 Å². The molecule has 0 atom stereocenters. The first-order chi connectivity index (χ1) is 10.0. The van der Waals surface area contributed by atoms with E-state index in [0.29, 0.717) is 38.5 Å². The lowest BCUT2D eigenvalue weighted by molar-refractivity contribution is 0.196. The first-order valence-electron chi connectivity index (χ1n) is 6.94. The molecule has 0 unspecified atom stereocenters. The molecular weight excluding hydrogens is 292 g/mol. The van der Waals surface area contributed by atoms with Crippen LogP contribution < -0.4 is 14.8 Å². The van der Waals surface area contributed by atoms with Gasteiger partial charge in [-0.05, 0) is 38.6 Å². The number of rotatable bonds is 10. The molecule has 21 heavy (non-hydrogen) atoms. The third-order valence-electron chi connectivity index (χ3n) is 2.83. The maximum Gasteiger partial charge on any atom is 0.240 e. The Labute approximate surface area is 126 Å². The molecular formula is C14H24N2O4S. The summed E-state index contributed by atoms with van der Waals surface area (Å²) in [7, 11) is -0.108. The molecule has 2 N–H and O–H groups in total. The SMILES string of the molecule is CCOc1ccc(S(=O)(=O)NCCCOC)cc1CNC. The number of methoxy groups -OCH3 is 1. The monoisotopic (exact) mass is 316 g/mol. The lowest BCUT2D eigenvalue weighted by atomic mass is 10.2. The molecule has 0 aliphatic carbocycles. The van der Waals surface area contributed by atoms with E-state index >= 15 is 0 Å². The molecule has 0 saturated carbocycles. The maximum absolute atomic E-state index is 12.2. The average molecular weight is 316 g/mol. The molecule has 0 amide bonds. The van der Waals surface area contributed by atoms with Crippen LogP contribution in [0.1, 0.15) is 18.9 Å². The van der Waals surface area contributed by atoms with Crippen molar-refractivity contribution >= 4 is 10.0 Å². The van der Waals surface area contributed by atoms with E-state index in [1.807, 2.05) is 6.92 Å². The Bertz CT molecular complexity index is 532. The van der Waals surface area contributed by atoms with E-state index in [9.17, 15) is 8.42 Å². The Hall–Kier alpha value is -1.15. The van der Waals surface area contributed by atoms with Gasteiger partial charge in [-0.15, -0.1) is 0 Å². The van der Waals surface area contributed by atoms with E-state index in [1.54, 1.807) is 32.4 Å². The minimum Gasteiger partial charge on any atom is -0.494 e. The zero-order valence-corrected chi connectivity index (χ0v) is 13.6.